The Morgan fingerprint density at radius 1 is 0.971 bits per heavy atom. The summed E-state index contributed by atoms with van der Waals surface area (Å²) in [7, 11) is 1.59. The van der Waals surface area contributed by atoms with Crippen LogP contribution in [0.4, 0.5) is 0 Å². The van der Waals surface area contributed by atoms with E-state index in [4.69, 9.17) is 14.5 Å². The topological polar surface area (TPSA) is 65.4 Å². The first-order valence-electron chi connectivity index (χ1n) is 11.7. The molecular weight excluding hydrogens is 426 g/mol. The standard InChI is InChI=1S/C28H31N3O3/c1-21-12-14-23(15-13-21)34-19-6-5-18-31-26-11-4-3-10-25(26)30-27(31)16-17-29-28(32)22-8-7-9-24(20-22)33-2/h3-4,7-15,20H,5-6,16-19H2,1-2H3,(H,29,32). The number of unbranched alkanes of at least 4 members (excludes halogenated alkanes) is 1. The summed E-state index contributed by atoms with van der Waals surface area (Å²) in [4.78, 5) is 17.4. The van der Waals surface area contributed by atoms with Gasteiger partial charge in [0.25, 0.3) is 5.91 Å². The van der Waals surface area contributed by atoms with Crippen LogP contribution in [-0.2, 0) is 13.0 Å². The molecule has 1 N–H and O–H groups in total. The number of imidazole rings is 1. The van der Waals surface area contributed by atoms with E-state index in [1.54, 1.807) is 19.2 Å². The molecule has 0 spiro atoms. The van der Waals surface area contributed by atoms with E-state index in [-0.39, 0.29) is 5.91 Å². The van der Waals surface area contributed by atoms with Gasteiger partial charge in [-0.1, -0.05) is 35.9 Å². The molecule has 0 bridgehead atoms. The van der Waals surface area contributed by atoms with Crippen molar-refractivity contribution in [2.24, 2.45) is 0 Å². The number of aryl methyl sites for hydroxylation is 2. The summed E-state index contributed by atoms with van der Waals surface area (Å²) in [6.07, 6.45) is 2.59. The highest BCUT2D eigenvalue weighted by molar-refractivity contribution is 5.94. The van der Waals surface area contributed by atoms with Crippen molar-refractivity contribution in [1.82, 2.24) is 14.9 Å². The van der Waals surface area contributed by atoms with E-state index in [1.807, 2.05) is 42.5 Å². The van der Waals surface area contributed by atoms with Crippen molar-refractivity contribution >= 4 is 16.9 Å². The first-order chi connectivity index (χ1) is 16.6. The zero-order valence-electron chi connectivity index (χ0n) is 19.8. The van der Waals surface area contributed by atoms with Crippen molar-refractivity contribution in [3.05, 3.63) is 89.7 Å². The molecule has 34 heavy (non-hydrogen) atoms. The molecule has 0 saturated carbocycles. The van der Waals surface area contributed by atoms with E-state index in [9.17, 15) is 4.79 Å². The number of rotatable bonds is 11. The summed E-state index contributed by atoms with van der Waals surface area (Å²) in [5, 5.41) is 3.00. The van der Waals surface area contributed by atoms with Gasteiger partial charge >= 0.3 is 0 Å². The number of aromatic nitrogens is 2. The lowest BCUT2D eigenvalue weighted by Gasteiger charge is -2.11. The molecule has 4 rings (SSSR count). The molecular formula is C28H31N3O3. The number of nitrogens with one attached hydrogen (secondary N) is 1. The minimum atomic E-state index is -0.116. The Balaban J connectivity index is 1.33. The molecule has 1 aromatic heterocycles. The lowest BCUT2D eigenvalue weighted by atomic mass is 10.2. The van der Waals surface area contributed by atoms with Gasteiger partial charge in [-0.3, -0.25) is 4.79 Å². The van der Waals surface area contributed by atoms with Gasteiger partial charge in [0.05, 0.1) is 24.8 Å². The second-order valence-corrected chi connectivity index (χ2v) is 8.27. The van der Waals surface area contributed by atoms with E-state index in [0.717, 1.165) is 42.0 Å². The summed E-state index contributed by atoms with van der Waals surface area (Å²) in [5.74, 6) is 2.44. The van der Waals surface area contributed by atoms with Crippen LogP contribution in [0, 0.1) is 6.92 Å². The number of para-hydroxylation sites is 2. The van der Waals surface area contributed by atoms with Crippen LogP contribution in [0.1, 0.15) is 34.6 Å². The first kappa shape index (κ1) is 23.4. The fourth-order valence-corrected chi connectivity index (χ4v) is 3.92. The second kappa shape index (κ2) is 11.4. The van der Waals surface area contributed by atoms with Crippen LogP contribution in [-0.4, -0.2) is 35.7 Å². The van der Waals surface area contributed by atoms with Gasteiger partial charge < -0.3 is 19.4 Å². The second-order valence-electron chi connectivity index (χ2n) is 8.27. The smallest absolute Gasteiger partial charge is 0.251 e. The Morgan fingerprint density at radius 2 is 1.79 bits per heavy atom. The fraction of sp³-hybridized carbons (Fsp3) is 0.286. The average molecular weight is 458 g/mol. The molecule has 1 amide bonds. The van der Waals surface area contributed by atoms with Gasteiger partial charge in [0.1, 0.15) is 17.3 Å². The molecule has 0 aliphatic heterocycles. The molecule has 4 aromatic rings. The number of hydrogen-bond donors (Lipinski definition) is 1. The monoisotopic (exact) mass is 457 g/mol. The van der Waals surface area contributed by atoms with Crippen molar-refractivity contribution in [3.63, 3.8) is 0 Å². The minimum Gasteiger partial charge on any atom is -0.497 e. The van der Waals surface area contributed by atoms with Crippen molar-refractivity contribution in [2.45, 2.75) is 32.7 Å². The van der Waals surface area contributed by atoms with Crippen molar-refractivity contribution in [3.8, 4) is 11.5 Å². The van der Waals surface area contributed by atoms with E-state index in [1.165, 1.54) is 5.56 Å². The number of carbonyl (C=O) groups is 1. The third-order valence-electron chi connectivity index (χ3n) is 5.77. The van der Waals surface area contributed by atoms with Crippen LogP contribution in [0.5, 0.6) is 11.5 Å². The Labute approximate surface area is 200 Å². The lowest BCUT2D eigenvalue weighted by molar-refractivity contribution is 0.0953. The highest BCUT2D eigenvalue weighted by Crippen LogP contribution is 2.18. The van der Waals surface area contributed by atoms with Gasteiger partial charge in [0.15, 0.2) is 0 Å². The van der Waals surface area contributed by atoms with E-state index in [0.29, 0.717) is 30.9 Å². The Kier molecular flexibility index (Phi) is 7.81. The fourth-order valence-electron chi connectivity index (χ4n) is 3.92. The molecule has 0 radical (unpaired) electrons. The maximum atomic E-state index is 12.5. The van der Waals surface area contributed by atoms with Gasteiger partial charge in [-0.05, 0) is 62.2 Å². The molecule has 1 heterocycles. The zero-order chi connectivity index (χ0) is 23.8. The van der Waals surface area contributed by atoms with Crippen molar-refractivity contribution in [2.75, 3.05) is 20.3 Å². The number of ether oxygens (including phenoxy) is 2. The van der Waals surface area contributed by atoms with Gasteiger partial charge in [0, 0.05) is 25.1 Å². The minimum absolute atomic E-state index is 0.116. The zero-order valence-corrected chi connectivity index (χ0v) is 19.8. The number of methoxy groups -OCH3 is 1. The van der Waals surface area contributed by atoms with Crippen molar-refractivity contribution < 1.29 is 14.3 Å². The number of hydrogen-bond acceptors (Lipinski definition) is 4. The van der Waals surface area contributed by atoms with Crippen LogP contribution in [0.15, 0.2) is 72.8 Å². The summed E-state index contributed by atoms with van der Waals surface area (Å²) in [6, 6.07) is 23.5. The molecule has 6 heteroatoms. The van der Waals surface area contributed by atoms with Gasteiger partial charge in [0.2, 0.25) is 0 Å². The quantitative estimate of drug-likeness (QED) is 0.315. The predicted octanol–water partition coefficient (Wildman–Crippen LogP) is 5.19. The summed E-state index contributed by atoms with van der Waals surface area (Å²) in [6.45, 7) is 4.12. The van der Waals surface area contributed by atoms with Gasteiger partial charge in [-0.2, -0.15) is 0 Å². The molecule has 0 saturated heterocycles. The number of benzene rings is 3. The molecule has 6 nitrogen and oxygen atoms in total. The van der Waals surface area contributed by atoms with E-state index >= 15 is 0 Å². The molecule has 3 aromatic carbocycles. The third-order valence-corrected chi connectivity index (χ3v) is 5.77. The van der Waals surface area contributed by atoms with Gasteiger partial charge in [-0.15, -0.1) is 0 Å². The summed E-state index contributed by atoms with van der Waals surface area (Å²) < 4.78 is 13.3. The Morgan fingerprint density at radius 3 is 2.62 bits per heavy atom. The first-order valence-corrected chi connectivity index (χ1v) is 11.7. The highest BCUT2D eigenvalue weighted by atomic mass is 16.5. The highest BCUT2D eigenvalue weighted by Gasteiger charge is 2.12. The van der Waals surface area contributed by atoms with Crippen LogP contribution < -0.4 is 14.8 Å². The number of carbonyl (C=O) groups excluding carboxylic acids is 1. The van der Waals surface area contributed by atoms with Crippen LogP contribution in [0.2, 0.25) is 0 Å². The largest absolute Gasteiger partial charge is 0.497 e. The molecule has 0 atom stereocenters. The molecule has 0 unspecified atom stereocenters. The Hall–Kier alpha value is -3.80. The van der Waals surface area contributed by atoms with Crippen molar-refractivity contribution in [1.29, 1.82) is 0 Å². The molecule has 0 fully saturated rings. The molecule has 176 valence electrons. The normalized spacial score (nSPS) is 10.9. The average Bonchev–Trinajstić information content (AvgIpc) is 3.22. The van der Waals surface area contributed by atoms with E-state index in [2.05, 4.69) is 35.0 Å². The van der Waals surface area contributed by atoms with Crippen LogP contribution >= 0.6 is 0 Å². The SMILES string of the molecule is COc1cccc(C(=O)NCCc2nc3ccccc3n2CCCCOc2ccc(C)cc2)c1. The third kappa shape index (κ3) is 5.95. The van der Waals surface area contributed by atoms with Crippen LogP contribution in [0.3, 0.4) is 0 Å². The molecule has 0 aliphatic carbocycles. The summed E-state index contributed by atoms with van der Waals surface area (Å²) in [5.41, 5.74) is 3.91. The number of nitrogens with zero attached hydrogens (tertiary/aromatic N) is 2. The molecule has 0 aliphatic rings. The summed E-state index contributed by atoms with van der Waals surface area (Å²) >= 11 is 0. The lowest BCUT2D eigenvalue weighted by Crippen LogP contribution is -2.26. The van der Waals surface area contributed by atoms with E-state index < -0.39 is 0 Å². The van der Waals surface area contributed by atoms with Crippen LogP contribution in [0.25, 0.3) is 11.0 Å². The predicted molar refractivity (Wildman–Crippen MR) is 135 cm³/mol. The maximum Gasteiger partial charge on any atom is 0.251 e. The maximum absolute atomic E-state index is 12.5. The number of fused-ring (bicyclic) bond motifs is 1. The van der Waals surface area contributed by atoms with Gasteiger partial charge in [-0.25, -0.2) is 4.98 Å². The number of amides is 1. The Bertz CT molecular complexity index is 1230.